The van der Waals surface area contributed by atoms with Gasteiger partial charge in [0.2, 0.25) is 10.0 Å². The highest BCUT2D eigenvalue weighted by Crippen LogP contribution is 2.29. The molecule has 1 heterocycles. The topological polar surface area (TPSA) is 129 Å². The van der Waals surface area contributed by atoms with Crippen molar-refractivity contribution in [2.75, 3.05) is 5.32 Å². The first kappa shape index (κ1) is 31.0. The number of nitrogens with two attached hydrogens (primary N) is 1. The molecule has 4 aromatic carbocycles. The lowest BCUT2D eigenvalue weighted by atomic mass is 10.0. The quantitative estimate of drug-likeness (QED) is 0.190. The van der Waals surface area contributed by atoms with E-state index in [1.807, 2.05) is 13.0 Å². The standard InChI is InChI=1S/C32H29BrFN5O4S/c1-2-3-13-30-37-39(28-19-24(16-17-26(28)33)36-31(40)21-9-5-4-6-10-21)32(41)38(30)20-23-15-14-22(18-27(23)34)25-11-7-8-12-29(25)44(35,42)43/h4-12,14-19H,2-3,13,20H2,1H3,(H,36,40)(H2,35,42,43). The van der Waals surface area contributed by atoms with Crippen molar-refractivity contribution < 1.29 is 17.6 Å². The maximum Gasteiger partial charge on any atom is 0.351 e. The lowest BCUT2D eigenvalue weighted by Gasteiger charge is -2.11. The van der Waals surface area contributed by atoms with Gasteiger partial charge in [0.05, 0.1) is 17.1 Å². The lowest BCUT2D eigenvalue weighted by molar-refractivity contribution is 0.102. The van der Waals surface area contributed by atoms with Crippen LogP contribution in [0.25, 0.3) is 16.8 Å². The Kier molecular flexibility index (Phi) is 9.23. The van der Waals surface area contributed by atoms with E-state index < -0.39 is 21.5 Å². The van der Waals surface area contributed by atoms with Crippen molar-refractivity contribution >= 4 is 37.5 Å². The first-order valence-electron chi connectivity index (χ1n) is 13.8. The minimum atomic E-state index is -4.03. The minimum absolute atomic E-state index is 0.0944. The predicted molar refractivity (Wildman–Crippen MR) is 171 cm³/mol. The van der Waals surface area contributed by atoms with Crippen molar-refractivity contribution in [1.82, 2.24) is 14.3 Å². The van der Waals surface area contributed by atoms with Crippen LogP contribution in [0.3, 0.4) is 0 Å². The number of amides is 1. The van der Waals surface area contributed by atoms with Gasteiger partial charge >= 0.3 is 5.69 Å². The van der Waals surface area contributed by atoms with Gasteiger partial charge < -0.3 is 5.32 Å². The molecular formula is C32H29BrFN5O4S. The van der Waals surface area contributed by atoms with E-state index in [2.05, 4.69) is 26.3 Å². The third kappa shape index (κ3) is 6.72. The van der Waals surface area contributed by atoms with E-state index in [0.717, 1.165) is 12.8 Å². The Morgan fingerprint density at radius 1 is 1.00 bits per heavy atom. The van der Waals surface area contributed by atoms with E-state index in [-0.39, 0.29) is 28.5 Å². The van der Waals surface area contributed by atoms with Crippen molar-refractivity contribution in [2.45, 2.75) is 37.6 Å². The number of carbonyl (C=O) groups is 1. The van der Waals surface area contributed by atoms with Crippen LogP contribution in [0.15, 0.2) is 105 Å². The molecule has 226 valence electrons. The van der Waals surface area contributed by atoms with Crippen LogP contribution in [0.4, 0.5) is 10.1 Å². The molecule has 1 amide bonds. The SMILES string of the molecule is CCCCc1nn(-c2cc(NC(=O)c3ccccc3)ccc2Br)c(=O)n1Cc1ccc(-c2ccccc2S(N)(=O)=O)cc1F. The van der Waals surface area contributed by atoms with Gasteiger partial charge in [0.15, 0.2) is 0 Å². The zero-order valence-corrected chi connectivity index (χ0v) is 26.1. The summed E-state index contributed by atoms with van der Waals surface area (Å²) >= 11 is 3.49. The van der Waals surface area contributed by atoms with E-state index in [4.69, 9.17) is 5.14 Å². The van der Waals surface area contributed by atoms with E-state index >= 15 is 4.39 Å². The average Bonchev–Trinajstić information content (AvgIpc) is 3.32. The summed E-state index contributed by atoms with van der Waals surface area (Å²) in [6.45, 7) is 1.93. The molecule has 0 unspecified atom stereocenters. The summed E-state index contributed by atoms with van der Waals surface area (Å²) in [7, 11) is -4.03. The van der Waals surface area contributed by atoms with Crippen molar-refractivity contribution in [1.29, 1.82) is 0 Å². The molecule has 3 N–H and O–H groups in total. The van der Waals surface area contributed by atoms with Gasteiger partial charge in [-0.05, 0) is 70.4 Å². The number of nitrogens with one attached hydrogen (secondary N) is 1. The van der Waals surface area contributed by atoms with E-state index in [1.165, 1.54) is 27.4 Å². The Labute approximate surface area is 262 Å². The summed E-state index contributed by atoms with van der Waals surface area (Å²) in [5, 5.41) is 12.8. The van der Waals surface area contributed by atoms with Crippen LogP contribution in [-0.4, -0.2) is 28.7 Å². The molecule has 0 fully saturated rings. The largest absolute Gasteiger partial charge is 0.351 e. The van der Waals surface area contributed by atoms with Gasteiger partial charge in [0, 0.05) is 33.3 Å². The second-order valence-electron chi connectivity index (χ2n) is 10.1. The second-order valence-corrected chi connectivity index (χ2v) is 12.5. The van der Waals surface area contributed by atoms with E-state index in [9.17, 15) is 18.0 Å². The molecule has 0 saturated carbocycles. The van der Waals surface area contributed by atoms with Crippen molar-refractivity contribution in [3.05, 3.63) is 129 Å². The molecule has 0 spiro atoms. The van der Waals surface area contributed by atoms with E-state index in [0.29, 0.717) is 39.2 Å². The average molecular weight is 679 g/mol. The highest BCUT2D eigenvalue weighted by atomic mass is 79.9. The first-order valence-corrected chi connectivity index (χ1v) is 16.2. The summed E-state index contributed by atoms with van der Waals surface area (Å²) in [5.41, 5.74) is 1.72. The molecule has 1 aromatic heterocycles. The molecule has 12 heteroatoms. The smallest absolute Gasteiger partial charge is 0.322 e. The number of sulfonamides is 1. The molecule has 0 aliphatic rings. The number of hydrogen-bond acceptors (Lipinski definition) is 5. The molecule has 9 nitrogen and oxygen atoms in total. The van der Waals surface area contributed by atoms with Crippen LogP contribution < -0.4 is 16.1 Å². The number of halogens is 2. The summed E-state index contributed by atoms with van der Waals surface area (Å²) < 4.78 is 42.9. The van der Waals surface area contributed by atoms with Gasteiger partial charge in [-0.25, -0.2) is 22.7 Å². The highest BCUT2D eigenvalue weighted by molar-refractivity contribution is 9.10. The molecule has 0 radical (unpaired) electrons. The molecule has 44 heavy (non-hydrogen) atoms. The summed E-state index contributed by atoms with van der Waals surface area (Å²) in [4.78, 5) is 26.4. The lowest BCUT2D eigenvalue weighted by Crippen LogP contribution is -2.25. The number of aryl methyl sites for hydroxylation is 1. The number of anilines is 1. The summed E-state index contributed by atoms with van der Waals surface area (Å²) in [6.07, 6.45) is 2.11. The fourth-order valence-electron chi connectivity index (χ4n) is 4.78. The normalized spacial score (nSPS) is 11.5. The summed E-state index contributed by atoms with van der Waals surface area (Å²) in [5.74, 6) is -0.434. The Morgan fingerprint density at radius 3 is 2.43 bits per heavy atom. The van der Waals surface area contributed by atoms with Crippen LogP contribution in [0.5, 0.6) is 0 Å². The molecule has 0 bridgehead atoms. The van der Waals surface area contributed by atoms with Crippen molar-refractivity contribution in [2.24, 2.45) is 5.14 Å². The number of unbranched alkanes of at least 4 members (excludes halogenated alkanes) is 1. The van der Waals surface area contributed by atoms with Gasteiger partial charge in [-0.1, -0.05) is 61.9 Å². The Hall–Kier alpha value is -4.39. The van der Waals surface area contributed by atoms with Gasteiger partial charge in [-0.2, -0.15) is 4.68 Å². The third-order valence-corrected chi connectivity index (χ3v) is 8.69. The summed E-state index contributed by atoms with van der Waals surface area (Å²) in [6, 6.07) is 24.3. The molecule has 5 rings (SSSR count). The fourth-order valence-corrected chi connectivity index (χ4v) is 5.96. The van der Waals surface area contributed by atoms with Crippen LogP contribution in [0.1, 0.15) is 41.5 Å². The van der Waals surface area contributed by atoms with E-state index in [1.54, 1.807) is 66.7 Å². The Morgan fingerprint density at radius 2 is 1.73 bits per heavy atom. The van der Waals surface area contributed by atoms with Crippen LogP contribution in [0.2, 0.25) is 0 Å². The number of carbonyl (C=O) groups excluding carboxylic acids is 1. The molecule has 5 aromatic rings. The molecule has 0 aliphatic carbocycles. The van der Waals surface area contributed by atoms with Gasteiger partial charge in [0.25, 0.3) is 5.91 Å². The first-order chi connectivity index (χ1) is 21.1. The number of rotatable bonds is 10. The van der Waals surface area contributed by atoms with Crippen LogP contribution in [0, 0.1) is 5.82 Å². The van der Waals surface area contributed by atoms with Crippen molar-refractivity contribution in [3.63, 3.8) is 0 Å². The highest BCUT2D eigenvalue weighted by Gasteiger charge is 2.20. The number of primary sulfonamides is 1. The van der Waals surface area contributed by atoms with Gasteiger partial charge in [-0.15, -0.1) is 5.10 Å². The maximum absolute atomic E-state index is 15.5. The van der Waals surface area contributed by atoms with Crippen LogP contribution >= 0.6 is 15.9 Å². The van der Waals surface area contributed by atoms with Gasteiger partial charge in [-0.3, -0.25) is 9.36 Å². The monoisotopic (exact) mass is 677 g/mol. The zero-order chi connectivity index (χ0) is 31.4. The zero-order valence-electron chi connectivity index (χ0n) is 23.7. The fraction of sp³-hybridized carbons (Fsp3) is 0.156. The van der Waals surface area contributed by atoms with Crippen molar-refractivity contribution in [3.8, 4) is 16.8 Å². The molecular weight excluding hydrogens is 649 g/mol. The Balaban J connectivity index is 1.50. The molecule has 0 atom stereocenters. The maximum atomic E-state index is 15.5. The number of nitrogens with zero attached hydrogens (tertiary/aromatic N) is 3. The minimum Gasteiger partial charge on any atom is -0.322 e. The Bertz CT molecular complexity index is 2010. The third-order valence-electron chi connectivity index (χ3n) is 7.05. The second kappa shape index (κ2) is 13.1. The molecule has 0 aliphatic heterocycles. The number of hydrogen-bond donors (Lipinski definition) is 2. The predicted octanol–water partition coefficient (Wildman–Crippen LogP) is 5.89. The number of aromatic nitrogens is 3. The number of benzene rings is 4. The molecule has 0 saturated heterocycles. The van der Waals surface area contributed by atoms with Gasteiger partial charge in [0.1, 0.15) is 11.6 Å². The van der Waals surface area contributed by atoms with Crippen LogP contribution in [-0.2, 0) is 23.0 Å².